The topological polar surface area (TPSA) is 40.1 Å². The third-order valence-electron chi connectivity index (χ3n) is 0.936. The zero-order valence-electron chi connectivity index (χ0n) is 5.70. The van der Waals surface area contributed by atoms with Crippen molar-refractivity contribution in [3.05, 3.63) is 30.3 Å². The van der Waals surface area contributed by atoms with Gasteiger partial charge in [-0.1, -0.05) is 18.2 Å². The summed E-state index contributed by atoms with van der Waals surface area (Å²) < 4.78 is 20.4. The van der Waals surface area contributed by atoms with Gasteiger partial charge in [0.1, 0.15) is 0 Å². The fourth-order valence-corrected chi connectivity index (χ4v) is 0.911. The SMILES string of the molecule is O=S([O-])c1ccccc1.[Br-].[Mg+2]. The molecule has 1 atom stereocenters. The van der Waals surface area contributed by atoms with Gasteiger partial charge >= 0.3 is 23.1 Å². The largest absolute Gasteiger partial charge is 2.00 e. The zero-order valence-corrected chi connectivity index (χ0v) is 9.51. The molecule has 0 bridgehead atoms. The smallest absolute Gasteiger partial charge is 1.00 e. The summed E-state index contributed by atoms with van der Waals surface area (Å²) in [6.07, 6.45) is 0. The predicted octanol–water partition coefficient (Wildman–Crippen LogP) is -2.45. The van der Waals surface area contributed by atoms with E-state index < -0.39 is 11.1 Å². The molecule has 1 aromatic rings. The van der Waals surface area contributed by atoms with Gasteiger partial charge in [0.15, 0.2) is 0 Å². The van der Waals surface area contributed by atoms with Crippen LogP contribution in [-0.2, 0) is 11.1 Å². The third kappa shape index (κ3) is 4.92. The van der Waals surface area contributed by atoms with E-state index in [0.29, 0.717) is 4.90 Å². The first kappa shape index (κ1) is 14.1. The number of benzene rings is 1. The van der Waals surface area contributed by atoms with Crippen molar-refractivity contribution in [2.24, 2.45) is 0 Å². The summed E-state index contributed by atoms with van der Waals surface area (Å²) in [4.78, 5) is 0.331. The summed E-state index contributed by atoms with van der Waals surface area (Å²) in [5.41, 5.74) is 0. The molecule has 0 aliphatic heterocycles. The molecule has 0 fully saturated rings. The quantitative estimate of drug-likeness (QED) is 0.407. The van der Waals surface area contributed by atoms with E-state index in [1.807, 2.05) is 0 Å². The van der Waals surface area contributed by atoms with Crippen LogP contribution in [0.15, 0.2) is 35.2 Å². The van der Waals surface area contributed by atoms with Gasteiger partial charge in [0.05, 0.1) is 0 Å². The average molecular weight is 245 g/mol. The molecule has 0 amide bonds. The second kappa shape index (κ2) is 7.24. The fourth-order valence-electron chi connectivity index (χ4n) is 0.532. The van der Waals surface area contributed by atoms with Gasteiger partial charge in [-0.15, -0.1) is 0 Å². The minimum atomic E-state index is -2.08. The van der Waals surface area contributed by atoms with Crippen LogP contribution < -0.4 is 17.0 Å². The average Bonchev–Trinajstić information content (AvgIpc) is 1.90. The van der Waals surface area contributed by atoms with Gasteiger partial charge in [-0.3, -0.25) is 4.21 Å². The maximum absolute atomic E-state index is 10.2. The third-order valence-corrected chi connectivity index (χ3v) is 1.59. The minimum Gasteiger partial charge on any atom is -1.00 e. The van der Waals surface area contributed by atoms with Crippen molar-refractivity contribution in [2.45, 2.75) is 4.90 Å². The Bertz CT molecular complexity index is 217. The van der Waals surface area contributed by atoms with E-state index in [1.165, 1.54) is 0 Å². The van der Waals surface area contributed by atoms with Gasteiger partial charge in [0.25, 0.3) is 0 Å². The first-order valence-corrected chi connectivity index (χ1v) is 3.52. The van der Waals surface area contributed by atoms with Crippen molar-refractivity contribution >= 4 is 34.1 Å². The molecule has 0 aliphatic rings. The molecule has 5 heteroatoms. The minimum absolute atomic E-state index is 0. The molecular formula is C6H5BrMgO2S. The van der Waals surface area contributed by atoms with E-state index in [-0.39, 0.29) is 40.0 Å². The summed E-state index contributed by atoms with van der Waals surface area (Å²) in [6, 6.07) is 8.23. The van der Waals surface area contributed by atoms with E-state index in [2.05, 4.69) is 0 Å². The van der Waals surface area contributed by atoms with Gasteiger partial charge in [0, 0.05) is 4.90 Å². The van der Waals surface area contributed by atoms with Gasteiger partial charge in [-0.05, 0) is 23.2 Å². The molecule has 0 heterocycles. The molecular weight excluding hydrogens is 240 g/mol. The molecule has 0 saturated heterocycles. The van der Waals surface area contributed by atoms with Crippen LogP contribution in [0.1, 0.15) is 0 Å². The monoisotopic (exact) mass is 244 g/mol. The molecule has 1 rings (SSSR count). The maximum atomic E-state index is 10.2. The maximum Gasteiger partial charge on any atom is 2.00 e. The summed E-state index contributed by atoms with van der Waals surface area (Å²) in [7, 11) is 0. The van der Waals surface area contributed by atoms with Crippen molar-refractivity contribution < 1.29 is 25.7 Å². The Hall–Kier alpha value is 0.576. The van der Waals surface area contributed by atoms with Gasteiger partial charge in [0.2, 0.25) is 0 Å². The van der Waals surface area contributed by atoms with Crippen LogP contribution in [0.25, 0.3) is 0 Å². The Morgan fingerprint density at radius 2 is 1.64 bits per heavy atom. The van der Waals surface area contributed by atoms with E-state index in [0.717, 1.165) is 0 Å². The molecule has 0 saturated carbocycles. The normalized spacial score (nSPS) is 10.6. The number of rotatable bonds is 1. The van der Waals surface area contributed by atoms with Gasteiger partial charge in [-0.2, -0.15) is 0 Å². The molecule has 2 nitrogen and oxygen atoms in total. The van der Waals surface area contributed by atoms with Crippen molar-refractivity contribution in [1.29, 1.82) is 0 Å². The Labute approximate surface area is 94.6 Å². The molecule has 0 aromatic heterocycles. The second-order valence-corrected chi connectivity index (χ2v) is 2.49. The number of halogens is 1. The van der Waals surface area contributed by atoms with Crippen molar-refractivity contribution in [3.8, 4) is 0 Å². The van der Waals surface area contributed by atoms with Crippen LogP contribution in [0.5, 0.6) is 0 Å². The number of hydrogen-bond acceptors (Lipinski definition) is 2. The first-order valence-electron chi connectivity index (χ1n) is 2.45. The number of hydrogen-bond donors (Lipinski definition) is 0. The second-order valence-electron chi connectivity index (χ2n) is 1.55. The van der Waals surface area contributed by atoms with Gasteiger partial charge in [-0.25, -0.2) is 0 Å². The summed E-state index contributed by atoms with van der Waals surface area (Å²) in [5.74, 6) is 0. The van der Waals surface area contributed by atoms with Crippen molar-refractivity contribution in [3.63, 3.8) is 0 Å². The Kier molecular flexibility index (Phi) is 9.29. The fraction of sp³-hybridized carbons (Fsp3) is 0. The molecule has 1 unspecified atom stereocenters. The first-order chi connectivity index (χ1) is 4.30. The van der Waals surface area contributed by atoms with Crippen molar-refractivity contribution in [2.75, 3.05) is 0 Å². The molecule has 11 heavy (non-hydrogen) atoms. The summed E-state index contributed by atoms with van der Waals surface area (Å²) >= 11 is -2.08. The van der Waals surface area contributed by atoms with E-state index >= 15 is 0 Å². The zero-order chi connectivity index (χ0) is 6.69. The van der Waals surface area contributed by atoms with Crippen LogP contribution in [-0.4, -0.2) is 31.8 Å². The predicted molar refractivity (Wildman–Crippen MR) is 39.4 cm³/mol. The van der Waals surface area contributed by atoms with Crippen LogP contribution in [0, 0.1) is 0 Å². The Morgan fingerprint density at radius 1 is 1.18 bits per heavy atom. The molecule has 0 radical (unpaired) electrons. The van der Waals surface area contributed by atoms with Crippen molar-refractivity contribution in [1.82, 2.24) is 0 Å². The summed E-state index contributed by atoms with van der Waals surface area (Å²) in [6.45, 7) is 0. The van der Waals surface area contributed by atoms with E-state index in [9.17, 15) is 8.76 Å². The van der Waals surface area contributed by atoms with Crippen LogP contribution in [0.2, 0.25) is 0 Å². The molecule has 0 N–H and O–H groups in total. The molecule has 0 spiro atoms. The molecule has 0 aliphatic carbocycles. The molecule has 56 valence electrons. The standard InChI is InChI=1S/C6H6O2S.BrH.Mg/c7-9(8)6-4-2-1-3-5-6;;/h1-5H,(H,7,8);1H;/q;;+2/p-2. The van der Waals surface area contributed by atoms with Crippen LogP contribution in [0.3, 0.4) is 0 Å². The van der Waals surface area contributed by atoms with Gasteiger partial charge < -0.3 is 21.5 Å². The Morgan fingerprint density at radius 3 is 1.91 bits per heavy atom. The van der Waals surface area contributed by atoms with Crippen LogP contribution >= 0.6 is 0 Å². The Balaban J connectivity index is 0. The van der Waals surface area contributed by atoms with E-state index in [4.69, 9.17) is 0 Å². The molecule has 1 aromatic carbocycles. The summed E-state index contributed by atoms with van der Waals surface area (Å²) in [5, 5.41) is 0. The van der Waals surface area contributed by atoms with E-state index in [1.54, 1.807) is 30.3 Å². The van der Waals surface area contributed by atoms with Crippen LogP contribution in [0.4, 0.5) is 0 Å².